The summed E-state index contributed by atoms with van der Waals surface area (Å²) in [6.07, 6.45) is -0.0577. The molecule has 0 saturated carbocycles. The van der Waals surface area contributed by atoms with E-state index < -0.39 is 6.36 Å². The first-order chi connectivity index (χ1) is 11.8. The second-order valence-electron chi connectivity index (χ2n) is 5.30. The van der Waals surface area contributed by atoms with Crippen LogP contribution in [0.3, 0.4) is 0 Å². The molecule has 1 amide bonds. The fourth-order valence-electron chi connectivity index (χ4n) is 2.33. The van der Waals surface area contributed by atoms with Crippen LogP contribution >= 0.6 is 0 Å². The topological polar surface area (TPSA) is 59.7 Å². The van der Waals surface area contributed by atoms with Crippen LogP contribution in [0.5, 0.6) is 5.75 Å². The van der Waals surface area contributed by atoms with Gasteiger partial charge in [0.25, 0.3) is 5.91 Å². The summed E-state index contributed by atoms with van der Waals surface area (Å²) >= 11 is 0. The molecule has 1 aromatic carbocycles. The number of carbonyl (C=O) groups excluding carboxylic acids is 1. The van der Waals surface area contributed by atoms with Gasteiger partial charge in [-0.25, -0.2) is 9.50 Å². The van der Waals surface area contributed by atoms with E-state index in [0.29, 0.717) is 16.8 Å². The highest BCUT2D eigenvalue weighted by Crippen LogP contribution is 2.23. The van der Waals surface area contributed by atoms with Crippen molar-refractivity contribution in [3.8, 4) is 5.75 Å². The second kappa shape index (κ2) is 6.42. The average Bonchev–Trinajstić information content (AvgIpc) is 2.98. The highest BCUT2D eigenvalue weighted by molar-refractivity contribution is 5.99. The lowest BCUT2D eigenvalue weighted by molar-refractivity contribution is -0.274. The molecule has 2 heterocycles. The zero-order chi connectivity index (χ0) is 18.0. The van der Waals surface area contributed by atoms with E-state index in [4.69, 9.17) is 0 Å². The van der Waals surface area contributed by atoms with Gasteiger partial charge in [0.05, 0.1) is 6.20 Å². The average molecular weight is 350 g/mol. The van der Waals surface area contributed by atoms with Crippen LogP contribution < -0.4 is 4.74 Å². The maximum Gasteiger partial charge on any atom is 0.573 e. The molecule has 3 rings (SSSR count). The number of alkyl halides is 3. The zero-order valence-electron chi connectivity index (χ0n) is 13.1. The van der Waals surface area contributed by atoms with Crippen LogP contribution in [0.25, 0.3) is 5.65 Å². The van der Waals surface area contributed by atoms with Crippen molar-refractivity contribution in [3.05, 3.63) is 60.0 Å². The summed E-state index contributed by atoms with van der Waals surface area (Å²) < 4.78 is 41.8. The lowest BCUT2D eigenvalue weighted by Crippen LogP contribution is -2.26. The molecule has 3 aromatic rings. The Hall–Kier alpha value is -3.10. The summed E-state index contributed by atoms with van der Waals surface area (Å²) in [5.74, 6) is -0.596. The summed E-state index contributed by atoms with van der Waals surface area (Å²) in [5.41, 5.74) is 1.45. The minimum Gasteiger partial charge on any atom is -0.406 e. The molecule has 0 aliphatic heterocycles. The standard InChI is InChI=1S/C16H13F3N4O2/c1-22(10-11-3-5-12(6-4-11)25-16(17,18)19)15(24)13-9-21-23-8-2-7-20-14(13)23/h2-9H,10H2,1H3. The van der Waals surface area contributed by atoms with Crippen LogP contribution in [0.4, 0.5) is 13.2 Å². The van der Waals surface area contributed by atoms with Crippen molar-refractivity contribution in [2.45, 2.75) is 12.9 Å². The van der Waals surface area contributed by atoms with E-state index in [1.807, 2.05) is 0 Å². The van der Waals surface area contributed by atoms with Gasteiger partial charge in [-0.3, -0.25) is 4.79 Å². The molecule has 0 aliphatic rings. The Morgan fingerprint density at radius 1 is 1.28 bits per heavy atom. The van der Waals surface area contributed by atoms with Crippen LogP contribution in [0, 0.1) is 0 Å². The van der Waals surface area contributed by atoms with Crippen LogP contribution in [0.15, 0.2) is 48.9 Å². The fourth-order valence-corrected chi connectivity index (χ4v) is 2.33. The van der Waals surface area contributed by atoms with E-state index in [1.165, 1.54) is 39.9 Å². The summed E-state index contributed by atoms with van der Waals surface area (Å²) in [5, 5.41) is 4.06. The minimum atomic E-state index is -4.73. The summed E-state index contributed by atoms with van der Waals surface area (Å²) in [7, 11) is 1.59. The molecule has 0 radical (unpaired) electrons. The molecule has 0 unspecified atom stereocenters. The third-order valence-corrected chi connectivity index (χ3v) is 3.43. The van der Waals surface area contributed by atoms with E-state index in [0.717, 1.165) is 0 Å². The Morgan fingerprint density at radius 2 is 2.00 bits per heavy atom. The number of hydrogen-bond donors (Lipinski definition) is 0. The maximum atomic E-state index is 12.5. The van der Waals surface area contributed by atoms with E-state index in [1.54, 1.807) is 25.5 Å². The first-order valence-corrected chi connectivity index (χ1v) is 7.22. The lowest BCUT2D eigenvalue weighted by atomic mass is 10.2. The fraction of sp³-hybridized carbons (Fsp3) is 0.188. The van der Waals surface area contributed by atoms with Crippen molar-refractivity contribution in [1.82, 2.24) is 19.5 Å². The Labute approximate surface area is 140 Å². The third-order valence-electron chi connectivity index (χ3n) is 3.43. The molecule has 2 aromatic heterocycles. The SMILES string of the molecule is CN(Cc1ccc(OC(F)(F)F)cc1)C(=O)c1cnn2cccnc12. The molecule has 0 saturated heterocycles. The summed E-state index contributed by atoms with van der Waals surface area (Å²) in [6, 6.07) is 7.05. The van der Waals surface area contributed by atoms with Gasteiger partial charge >= 0.3 is 6.36 Å². The van der Waals surface area contributed by atoms with Gasteiger partial charge in [0.2, 0.25) is 0 Å². The van der Waals surface area contributed by atoms with Crippen molar-refractivity contribution in [2.75, 3.05) is 7.05 Å². The van der Waals surface area contributed by atoms with E-state index in [9.17, 15) is 18.0 Å². The van der Waals surface area contributed by atoms with Crippen LogP contribution in [0.2, 0.25) is 0 Å². The molecule has 130 valence electrons. The van der Waals surface area contributed by atoms with Gasteiger partial charge in [-0.15, -0.1) is 13.2 Å². The van der Waals surface area contributed by atoms with Crippen molar-refractivity contribution >= 4 is 11.6 Å². The van der Waals surface area contributed by atoms with Crippen molar-refractivity contribution in [3.63, 3.8) is 0 Å². The number of amides is 1. The van der Waals surface area contributed by atoms with E-state index in [-0.39, 0.29) is 18.2 Å². The Balaban J connectivity index is 1.71. The predicted octanol–water partition coefficient (Wildman–Crippen LogP) is 2.90. The molecule has 6 nitrogen and oxygen atoms in total. The normalized spacial score (nSPS) is 11.5. The quantitative estimate of drug-likeness (QED) is 0.726. The molecular weight excluding hydrogens is 337 g/mol. The van der Waals surface area contributed by atoms with Crippen molar-refractivity contribution < 1.29 is 22.7 Å². The molecule has 9 heteroatoms. The van der Waals surface area contributed by atoms with Crippen LogP contribution in [0.1, 0.15) is 15.9 Å². The van der Waals surface area contributed by atoms with Gasteiger partial charge in [-0.2, -0.15) is 5.10 Å². The van der Waals surface area contributed by atoms with Gasteiger partial charge in [-0.05, 0) is 23.8 Å². The Morgan fingerprint density at radius 3 is 2.68 bits per heavy atom. The number of ether oxygens (including phenoxy) is 1. The Kier molecular flexibility index (Phi) is 4.30. The van der Waals surface area contributed by atoms with Crippen LogP contribution in [-0.4, -0.2) is 38.8 Å². The molecule has 0 aliphatic carbocycles. The monoisotopic (exact) mass is 350 g/mol. The number of carbonyl (C=O) groups is 1. The Bertz CT molecular complexity index is 890. The molecular formula is C16H13F3N4O2. The molecule has 0 atom stereocenters. The minimum absolute atomic E-state index is 0.218. The number of fused-ring (bicyclic) bond motifs is 1. The summed E-state index contributed by atoms with van der Waals surface area (Å²) in [6.45, 7) is 0.218. The zero-order valence-corrected chi connectivity index (χ0v) is 13.1. The number of rotatable bonds is 4. The van der Waals surface area contributed by atoms with Gasteiger partial charge in [0.1, 0.15) is 11.3 Å². The molecule has 25 heavy (non-hydrogen) atoms. The van der Waals surface area contributed by atoms with Crippen LogP contribution in [-0.2, 0) is 6.54 Å². The number of benzene rings is 1. The predicted molar refractivity (Wildman–Crippen MR) is 81.9 cm³/mol. The van der Waals surface area contributed by atoms with Gasteiger partial charge in [0, 0.05) is 26.0 Å². The van der Waals surface area contributed by atoms with Gasteiger partial charge < -0.3 is 9.64 Å². The molecule has 0 N–H and O–H groups in total. The number of aromatic nitrogens is 3. The van der Waals surface area contributed by atoms with Crippen molar-refractivity contribution in [2.24, 2.45) is 0 Å². The van der Waals surface area contributed by atoms with Crippen molar-refractivity contribution in [1.29, 1.82) is 0 Å². The first-order valence-electron chi connectivity index (χ1n) is 7.22. The maximum absolute atomic E-state index is 12.5. The van der Waals surface area contributed by atoms with Gasteiger partial charge in [0.15, 0.2) is 5.65 Å². The van der Waals surface area contributed by atoms with E-state index in [2.05, 4.69) is 14.8 Å². The highest BCUT2D eigenvalue weighted by Gasteiger charge is 2.31. The summed E-state index contributed by atoms with van der Waals surface area (Å²) in [4.78, 5) is 18.1. The molecule has 0 bridgehead atoms. The number of hydrogen-bond acceptors (Lipinski definition) is 4. The number of nitrogens with zero attached hydrogens (tertiary/aromatic N) is 4. The van der Waals surface area contributed by atoms with E-state index >= 15 is 0 Å². The molecule has 0 spiro atoms. The lowest BCUT2D eigenvalue weighted by Gasteiger charge is -2.17. The largest absolute Gasteiger partial charge is 0.573 e. The number of halogens is 3. The highest BCUT2D eigenvalue weighted by atomic mass is 19.4. The second-order valence-corrected chi connectivity index (χ2v) is 5.30. The third kappa shape index (κ3) is 3.87. The first kappa shape index (κ1) is 16.7. The molecule has 0 fully saturated rings. The smallest absolute Gasteiger partial charge is 0.406 e. The van der Waals surface area contributed by atoms with Gasteiger partial charge in [-0.1, -0.05) is 12.1 Å².